The van der Waals surface area contributed by atoms with Crippen LogP contribution in [0.5, 0.6) is 0 Å². The Morgan fingerprint density at radius 2 is 2.19 bits per heavy atom. The van der Waals surface area contributed by atoms with Crippen molar-refractivity contribution >= 4 is 11.9 Å². The summed E-state index contributed by atoms with van der Waals surface area (Å²) >= 11 is 0. The van der Waals surface area contributed by atoms with E-state index in [4.69, 9.17) is 4.74 Å². The van der Waals surface area contributed by atoms with Gasteiger partial charge >= 0.3 is 5.97 Å². The van der Waals surface area contributed by atoms with E-state index in [0.29, 0.717) is 18.6 Å². The molecular formula is C15H18N2O4. The van der Waals surface area contributed by atoms with Crippen LogP contribution in [0.4, 0.5) is 0 Å². The predicted octanol–water partition coefficient (Wildman–Crippen LogP) is 0.306. The first-order valence-electron chi connectivity index (χ1n) is 7.07. The minimum Gasteiger partial charge on any atom is -0.479 e. The number of rotatable bonds is 3. The van der Waals surface area contributed by atoms with Crippen LogP contribution >= 0.6 is 0 Å². The summed E-state index contributed by atoms with van der Waals surface area (Å²) in [6.45, 7) is 2.04. The lowest BCUT2D eigenvalue weighted by molar-refractivity contribution is -0.144. The Balaban J connectivity index is 1.80. The van der Waals surface area contributed by atoms with Crippen LogP contribution in [0.1, 0.15) is 27.9 Å². The fraction of sp³-hybridized carbons (Fsp3) is 0.467. The molecule has 1 aromatic rings. The second kappa shape index (κ2) is 5.46. The number of hydrogen-bond acceptors (Lipinski definition) is 4. The van der Waals surface area contributed by atoms with Gasteiger partial charge in [0.25, 0.3) is 5.91 Å². The molecule has 1 fully saturated rings. The van der Waals surface area contributed by atoms with Crippen LogP contribution in [-0.4, -0.2) is 42.3 Å². The molecule has 2 aliphatic heterocycles. The Morgan fingerprint density at radius 1 is 1.33 bits per heavy atom. The first kappa shape index (κ1) is 14.0. The fourth-order valence-electron chi connectivity index (χ4n) is 2.80. The Morgan fingerprint density at radius 3 is 2.90 bits per heavy atom. The van der Waals surface area contributed by atoms with Crippen LogP contribution in [0.15, 0.2) is 18.2 Å². The molecule has 0 saturated carbocycles. The molecule has 0 spiro atoms. The monoisotopic (exact) mass is 290 g/mol. The zero-order chi connectivity index (χ0) is 14.9. The fourth-order valence-corrected chi connectivity index (χ4v) is 2.80. The van der Waals surface area contributed by atoms with Gasteiger partial charge in [0.15, 0.2) is 5.54 Å². The van der Waals surface area contributed by atoms with Crippen molar-refractivity contribution in [2.24, 2.45) is 0 Å². The van der Waals surface area contributed by atoms with Crippen LogP contribution in [0.3, 0.4) is 0 Å². The van der Waals surface area contributed by atoms with Crippen molar-refractivity contribution in [2.75, 3.05) is 19.8 Å². The lowest BCUT2D eigenvalue weighted by atomic mass is 9.96. The summed E-state index contributed by atoms with van der Waals surface area (Å²) in [4.78, 5) is 23.8. The lowest BCUT2D eigenvalue weighted by Gasteiger charge is -2.24. The van der Waals surface area contributed by atoms with E-state index in [-0.39, 0.29) is 12.5 Å². The van der Waals surface area contributed by atoms with E-state index >= 15 is 0 Å². The van der Waals surface area contributed by atoms with E-state index in [2.05, 4.69) is 10.6 Å². The Hall–Kier alpha value is -1.92. The smallest absolute Gasteiger partial charge is 0.331 e. The van der Waals surface area contributed by atoms with Crippen LogP contribution < -0.4 is 10.6 Å². The standard InChI is InChI=1S/C15H18N2O4/c18-13(17-15(14(19)20)4-6-21-9-15)11-2-1-10-3-5-16-8-12(10)7-11/h1-2,7,16H,3-6,8-9H2,(H,17,18)(H,19,20). The predicted molar refractivity (Wildman–Crippen MR) is 75.1 cm³/mol. The molecule has 0 aromatic heterocycles. The number of hydrogen-bond donors (Lipinski definition) is 3. The largest absolute Gasteiger partial charge is 0.479 e. The molecule has 6 heteroatoms. The van der Waals surface area contributed by atoms with Crippen LogP contribution in [-0.2, 0) is 22.5 Å². The highest BCUT2D eigenvalue weighted by atomic mass is 16.5. The van der Waals surface area contributed by atoms with Gasteiger partial charge in [-0.2, -0.15) is 0 Å². The highest BCUT2D eigenvalue weighted by Crippen LogP contribution is 2.21. The van der Waals surface area contributed by atoms with Gasteiger partial charge in [0.05, 0.1) is 6.61 Å². The van der Waals surface area contributed by atoms with Crippen molar-refractivity contribution in [2.45, 2.75) is 24.9 Å². The average Bonchev–Trinajstić information content (AvgIpc) is 2.96. The molecule has 112 valence electrons. The van der Waals surface area contributed by atoms with Gasteiger partial charge in [-0.15, -0.1) is 0 Å². The third-order valence-electron chi connectivity index (χ3n) is 4.14. The molecule has 0 bridgehead atoms. The van der Waals surface area contributed by atoms with Crippen LogP contribution in [0.25, 0.3) is 0 Å². The zero-order valence-electron chi connectivity index (χ0n) is 11.6. The molecule has 1 atom stereocenters. The number of carboxylic acids is 1. The Bertz CT molecular complexity index is 579. The topological polar surface area (TPSA) is 87.7 Å². The third-order valence-corrected chi connectivity index (χ3v) is 4.14. The van der Waals surface area contributed by atoms with Gasteiger partial charge in [0.1, 0.15) is 0 Å². The second-order valence-corrected chi connectivity index (χ2v) is 5.55. The van der Waals surface area contributed by atoms with E-state index in [0.717, 1.165) is 25.1 Å². The lowest BCUT2D eigenvalue weighted by Crippen LogP contribution is -2.55. The average molecular weight is 290 g/mol. The van der Waals surface area contributed by atoms with Crippen molar-refractivity contribution < 1.29 is 19.4 Å². The van der Waals surface area contributed by atoms with Gasteiger partial charge in [0.2, 0.25) is 0 Å². The normalized spacial score (nSPS) is 24.4. The maximum atomic E-state index is 12.3. The van der Waals surface area contributed by atoms with Gasteiger partial charge in [0, 0.05) is 25.1 Å². The molecule has 0 aliphatic carbocycles. The number of nitrogens with one attached hydrogen (secondary N) is 2. The third kappa shape index (κ3) is 2.64. The molecule has 3 N–H and O–H groups in total. The summed E-state index contributed by atoms with van der Waals surface area (Å²) in [6, 6.07) is 5.54. The van der Waals surface area contributed by atoms with E-state index in [1.807, 2.05) is 12.1 Å². The number of amides is 1. The zero-order valence-corrected chi connectivity index (χ0v) is 11.6. The molecule has 21 heavy (non-hydrogen) atoms. The van der Waals surface area contributed by atoms with Gasteiger partial charge < -0.3 is 20.5 Å². The Labute approximate surface area is 122 Å². The van der Waals surface area contributed by atoms with Crippen molar-refractivity contribution in [3.8, 4) is 0 Å². The maximum Gasteiger partial charge on any atom is 0.331 e. The highest BCUT2D eigenvalue weighted by molar-refractivity contribution is 5.98. The van der Waals surface area contributed by atoms with Crippen LogP contribution in [0, 0.1) is 0 Å². The van der Waals surface area contributed by atoms with Gasteiger partial charge in [-0.3, -0.25) is 4.79 Å². The second-order valence-electron chi connectivity index (χ2n) is 5.55. The van der Waals surface area contributed by atoms with Crippen LogP contribution in [0.2, 0.25) is 0 Å². The molecule has 1 aromatic carbocycles. The molecule has 0 radical (unpaired) electrons. The molecule has 1 unspecified atom stereocenters. The molecule has 1 saturated heterocycles. The minimum atomic E-state index is -1.30. The number of benzene rings is 1. The first-order chi connectivity index (χ1) is 10.1. The molecular weight excluding hydrogens is 272 g/mol. The molecule has 3 rings (SSSR count). The maximum absolute atomic E-state index is 12.3. The summed E-state index contributed by atoms with van der Waals surface area (Å²) in [7, 11) is 0. The number of fused-ring (bicyclic) bond motifs is 1. The minimum absolute atomic E-state index is 0.0145. The molecule has 2 heterocycles. The Kier molecular flexibility index (Phi) is 3.65. The number of aliphatic carboxylic acids is 1. The first-order valence-corrected chi connectivity index (χ1v) is 7.07. The molecule has 1 amide bonds. The molecule has 2 aliphatic rings. The number of carbonyl (C=O) groups excluding carboxylic acids is 1. The van der Waals surface area contributed by atoms with Crippen molar-refractivity contribution in [3.05, 3.63) is 34.9 Å². The van der Waals surface area contributed by atoms with Crippen molar-refractivity contribution in [1.29, 1.82) is 0 Å². The SMILES string of the molecule is O=C(NC1(C(=O)O)CCOC1)c1ccc2c(c1)CNCC2. The molecule has 6 nitrogen and oxygen atoms in total. The van der Waals surface area contributed by atoms with Gasteiger partial charge in [-0.1, -0.05) is 6.07 Å². The summed E-state index contributed by atoms with van der Waals surface area (Å²) < 4.78 is 5.14. The van der Waals surface area contributed by atoms with Crippen molar-refractivity contribution in [3.63, 3.8) is 0 Å². The van der Waals surface area contributed by atoms with E-state index in [9.17, 15) is 14.7 Å². The summed E-state index contributed by atoms with van der Waals surface area (Å²) in [5, 5.41) is 15.2. The summed E-state index contributed by atoms with van der Waals surface area (Å²) in [5.74, 6) is -1.41. The van der Waals surface area contributed by atoms with Crippen molar-refractivity contribution in [1.82, 2.24) is 10.6 Å². The number of ether oxygens (including phenoxy) is 1. The van der Waals surface area contributed by atoms with E-state index in [1.165, 1.54) is 5.56 Å². The summed E-state index contributed by atoms with van der Waals surface area (Å²) in [6.07, 6.45) is 1.24. The van der Waals surface area contributed by atoms with E-state index in [1.54, 1.807) is 6.07 Å². The van der Waals surface area contributed by atoms with Gasteiger partial charge in [-0.25, -0.2) is 4.79 Å². The van der Waals surface area contributed by atoms with Gasteiger partial charge in [-0.05, 0) is 36.2 Å². The van der Waals surface area contributed by atoms with E-state index < -0.39 is 11.5 Å². The highest BCUT2D eigenvalue weighted by Gasteiger charge is 2.44. The number of carboxylic acid groups (broad SMARTS) is 1. The number of carbonyl (C=O) groups is 2. The quantitative estimate of drug-likeness (QED) is 0.745. The summed E-state index contributed by atoms with van der Waals surface area (Å²) in [5.41, 5.74) is 1.53.